The molecule has 0 spiro atoms. The molecule has 1 atom stereocenters. The van der Waals surface area contributed by atoms with Crippen LogP contribution in [-0.4, -0.2) is 61.4 Å². The molecule has 2 N–H and O–H groups in total. The lowest BCUT2D eigenvalue weighted by Crippen LogP contribution is -2.48. The average Bonchev–Trinajstić information content (AvgIpc) is 2.84. The van der Waals surface area contributed by atoms with Crippen LogP contribution < -0.4 is 20.4 Å². The quantitative estimate of drug-likeness (QED) is 0.451. The number of hydrogen-bond acceptors (Lipinski definition) is 4. The minimum atomic E-state index is -5.84. The van der Waals surface area contributed by atoms with E-state index in [2.05, 4.69) is 5.32 Å². The summed E-state index contributed by atoms with van der Waals surface area (Å²) in [6, 6.07) is 6.50. The number of alkyl halides is 5. The summed E-state index contributed by atoms with van der Waals surface area (Å²) in [5.74, 6) is -9.09. The molecule has 0 aromatic heterocycles. The molecule has 0 unspecified atom stereocenters. The Bertz CT molecular complexity index is 951. The molecule has 1 aliphatic heterocycles. The Morgan fingerprint density at radius 1 is 1.03 bits per heavy atom. The fourth-order valence-corrected chi connectivity index (χ4v) is 3.41. The number of amides is 4. The fourth-order valence-electron chi connectivity index (χ4n) is 3.41. The molecule has 0 bridgehead atoms. The summed E-state index contributed by atoms with van der Waals surface area (Å²) in [4.78, 5) is 52.1. The molecule has 13 heteroatoms. The first-order valence-corrected chi connectivity index (χ1v) is 10.3. The highest BCUT2D eigenvalue weighted by Crippen LogP contribution is 2.36. The molecular weight excluding hydrogens is 467 g/mol. The van der Waals surface area contributed by atoms with Crippen molar-refractivity contribution in [3.8, 4) is 0 Å². The number of carbonyl (C=O) groups excluding carboxylic acids is 4. The molecule has 0 saturated carbocycles. The van der Waals surface area contributed by atoms with Gasteiger partial charge < -0.3 is 20.4 Å². The zero-order valence-electron chi connectivity index (χ0n) is 18.7. The van der Waals surface area contributed by atoms with Crippen molar-refractivity contribution < 1.29 is 41.1 Å². The van der Waals surface area contributed by atoms with Crippen LogP contribution in [0.5, 0.6) is 0 Å². The Balaban J connectivity index is 2.07. The first-order valence-electron chi connectivity index (χ1n) is 10.3. The predicted molar refractivity (Wildman–Crippen MR) is 112 cm³/mol. The molecule has 1 aliphatic rings. The third-order valence-electron chi connectivity index (χ3n) is 5.11. The molecule has 0 aliphatic carbocycles. The standard InChI is InChI=1S/C21H25F5N4O4/c1-12(2)30-16-7-5-4-6-15(16)29(13(3)31)10-14(19(30)34)9-27-17(32)8-18(33)28-11-20(22,23)21(24,25)26/h4-7,12,14H,8-11H2,1-3H3,(H,27,32)(H,28,33)/t14-/m0/s1. The van der Waals surface area contributed by atoms with Gasteiger partial charge >= 0.3 is 12.1 Å². The van der Waals surface area contributed by atoms with Crippen LogP contribution in [0.4, 0.5) is 33.3 Å². The molecule has 1 heterocycles. The van der Waals surface area contributed by atoms with Gasteiger partial charge in [0.25, 0.3) is 0 Å². The van der Waals surface area contributed by atoms with Crippen LogP contribution in [0, 0.1) is 5.92 Å². The summed E-state index contributed by atoms with van der Waals surface area (Å²) in [5.41, 5.74) is 1.02. The van der Waals surface area contributed by atoms with Crippen LogP contribution in [0.15, 0.2) is 24.3 Å². The second-order valence-electron chi connectivity index (χ2n) is 8.08. The number of anilines is 2. The van der Waals surface area contributed by atoms with Crippen molar-refractivity contribution >= 4 is 35.0 Å². The zero-order chi connectivity index (χ0) is 25.8. The van der Waals surface area contributed by atoms with Crippen LogP contribution in [-0.2, 0) is 19.2 Å². The van der Waals surface area contributed by atoms with Crippen molar-refractivity contribution in [2.24, 2.45) is 5.92 Å². The first kappa shape index (κ1) is 27.0. The molecule has 0 radical (unpaired) electrons. The summed E-state index contributed by atoms with van der Waals surface area (Å²) in [6.07, 6.45) is -6.86. The molecule has 188 valence electrons. The van der Waals surface area contributed by atoms with Gasteiger partial charge in [0, 0.05) is 26.1 Å². The molecule has 0 saturated heterocycles. The van der Waals surface area contributed by atoms with Gasteiger partial charge in [-0.1, -0.05) is 12.1 Å². The molecular formula is C21H25F5N4O4. The molecule has 1 aromatic rings. The van der Waals surface area contributed by atoms with E-state index in [1.165, 1.54) is 22.0 Å². The highest BCUT2D eigenvalue weighted by atomic mass is 19.4. The van der Waals surface area contributed by atoms with E-state index in [0.717, 1.165) is 0 Å². The third-order valence-corrected chi connectivity index (χ3v) is 5.11. The van der Waals surface area contributed by atoms with E-state index in [4.69, 9.17) is 0 Å². The van der Waals surface area contributed by atoms with Gasteiger partial charge in [0.05, 0.1) is 23.8 Å². The normalized spacial score (nSPS) is 16.7. The number of rotatable bonds is 7. The van der Waals surface area contributed by atoms with Crippen molar-refractivity contribution in [3.05, 3.63) is 24.3 Å². The Hall–Kier alpha value is -3.25. The average molecular weight is 492 g/mol. The summed E-state index contributed by atoms with van der Waals surface area (Å²) in [5, 5.41) is 3.69. The van der Waals surface area contributed by atoms with Crippen molar-refractivity contribution in [2.45, 2.75) is 45.3 Å². The largest absolute Gasteiger partial charge is 0.455 e. The van der Waals surface area contributed by atoms with Gasteiger partial charge in [0.2, 0.25) is 23.6 Å². The summed E-state index contributed by atoms with van der Waals surface area (Å²) >= 11 is 0. The van der Waals surface area contributed by atoms with Crippen molar-refractivity contribution in [1.82, 2.24) is 10.6 Å². The molecule has 2 rings (SSSR count). The summed E-state index contributed by atoms with van der Waals surface area (Å²) in [6.45, 7) is 2.51. The highest BCUT2D eigenvalue weighted by Gasteiger charge is 2.57. The third kappa shape index (κ3) is 6.20. The van der Waals surface area contributed by atoms with Crippen molar-refractivity contribution in [2.75, 3.05) is 29.4 Å². The number of hydrogen-bond donors (Lipinski definition) is 2. The zero-order valence-corrected chi connectivity index (χ0v) is 18.7. The Kier molecular flexibility index (Phi) is 8.22. The number of halogens is 5. The second-order valence-corrected chi connectivity index (χ2v) is 8.08. The molecule has 8 nitrogen and oxygen atoms in total. The SMILES string of the molecule is CC(=O)N1C[C@H](CNC(=O)CC(=O)NCC(F)(F)C(F)(F)F)C(=O)N(C(C)C)c2ccccc21. The summed E-state index contributed by atoms with van der Waals surface area (Å²) in [7, 11) is 0. The monoisotopic (exact) mass is 492 g/mol. The summed E-state index contributed by atoms with van der Waals surface area (Å²) < 4.78 is 62.3. The molecule has 4 amide bonds. The van der Waals surface area contributed by atoms with E-state index in [-0.39, 0.29) is 30.9 Å². The van der Waals surface area contributed by atoms with E-state index >= 15 is 0 Å². The lowest BCUT2D eigenvalue weighted by molar-refractivity contribution is -0.278. The Labute approximate surface area is 192 Å². The number of nitrogens with one attached hydrogen (secondary N) is 2. The number of fused-ring (bicyclic) bond motifs is 1. The smallest absolute Gasteiger partial charge is 0.355 e. The lowest BCUT2D eigenvalue weighted by Gasteiger charge is -2.29. The lowest BCUT2D eigenvalue weighted by atomic mass is 10.1. The number of benzene rings is 1. The van der Waals surface area contributed by atoms with Crippen LogP contribution in [0.1, 0.15) is 27.2 Å². The van der Waals surface area contributed by atoms with Gasteiger partial charge in [-0.2, -0.15) is 22.0 Å². The van der Waals surface area contributed by atoms with Crippen LogP contribution in [0.25, 0.3) is 0 Å². The maximum absolute atomic E-state index is 13.2. The van der Waals surface area contributed by atoms with Gasteiger partial charge in [-0.3, -0.25) is 19.2 Å². The van der Waals surface area contributed by atoms with Gasteiger partial charge in [-0.25, -0.2) is 0 Å². The predicted octanol–water partition coefficient (Wildman–Crippen LogP) is 2.23. The Morgan fingerprint density at radius 2 is 1.59 bits per heavy atom. The van der Waals surface area contributed by atoms with E-state index in [0.29, 0.717) is 11.4 Å². The van der Waals surface area contributed by atoms with Crippen molar-refractivity contribution in [3.63, 3.8) is 0 Å². The van der Waals surface area contributed by atoms with Crippen molar-refractivity contribution in [1.29, 1.82) is 0 Å². The van der Waals surface area contributed by atoms with Gasteiger partial charge in [-0.05, 0) is 26.0 Å². The highest BCUT2D eigenvalue weighted by molar-refractivity contribution is 6.06. The first-order chi connectivity index (χ1) is 15.7. The molecule has 1 aromatic carbocycles. The van der Waals surface area contributed by atoms with Crippen LogP contribution in [0.2, 0.25) is 0 Å². The minimum Gasteiger partial charge on any atom is -0.355 e. The van der Waals surface area contributed by atoms with Gasteiger partial charge in [-0.15, -0.1) is 0 Å². The van der Waals surface area contributed by atoms with E-state index in [1.807, 2.05) is 0 Å². The maximum atomic E-state index is 13.2. The maximum Gasteiger partial charge on any atom is 0.455 e. The van der Waals surface area contributed by atoms with Crippen LogP contribution in [0.3, 0.4) is 0 Å². The fraction of sp³-hybridized carbons (Fsp3) is 0.524. The molecule has 0 fully saturated rings. The number of nitrogens with zero attached hydrogens (tertiary/aromatic N) is 2. The van der Waals surface area contributed by atoms with E-state index in [1.54, 1.807) is 38.1 Å². The topological polar surface area (TPSA) is 98.8 Å². The Morgan fingerprint density at radius 3 is 2.12 bits per heavy atom. The number of carbonyl (C=O) groups is 4. The van der Waals surface area contributed by atoms with E-state index in [9.17, 15) is 41.1 Å². The van der Waals surface area contributed by atoms with Gasteiger partial charge in [0.15, 0.2) is 0 Å². The minimum absolute atomic E-state index is 0.0708. The van der Waals surface area contributed by atoms with Crippen LogP contribution >= 0.6 is 0 Å². The number of para-hydroxylation sites is 2. The van der Waals surface area contributed by atoms with E-state index < -0.39 is 42.8 Å². The second kappa shape index (κ2) is 10.3. The molecule has 34 heavy (non-hydrogen) atoms. The van der Waals surface area contributed by atoms with Gasteiger partial charge in [0.1, 0.15) is 6.42 Å².